The highest BCUT2D eigenvalue weighted by Gasteiger charge is 2.27. The Morgan fingerprint density at radius 1 is 1.28 bits per heavy atom. The Morgan fingerprint density at radius 3 is 2.72 bits per heavy atom. The number of thiazole rings is 1. The van der Waals surface area contributed by atoms with E-state index in [-0.39, 0.29) is 18.2 Å². The molecule has 8 nitrogen and oxygen atoms in total. The van der Waals surface area contributed by atoms with Crippen LogP contribution in [-0.2, 0) is 6.54 Å². The zero-order chi connectivity index (χ0) is 20.5. The van der Waals surface area contributed by atoms with E-state index in [1.807, 2.05) is 18.2 Å². The second-order valence-electron chi connectivity index (χ2n) is 6.65. The highest BCUT2D eigenvalue weighted by Crippen LogP contribution is 2.39. The highest BCUT2D eigenvalue weighted by atomic mass is 32.1. The molecule has 1 aliphatic carbocycles. The molecule has 2 aromatic heterocycles. The summed E-state index contributed by atoms with van der Waals surface area (Å²) in [5, 5.41) is 11.7. The lowest BCUT2D eigenvalue weighted by Gasteiger charge is -2.10. The minimum absolute atomic E-state index is 0.00267. The molecule has 1 aromatic carbocycles. The summed E-state index contributed by atoms with van der Waals surface area (Å²) in [7, 11) is 3.12. The lowest BCUT2D eigenvalue weighted by molar-refractivity contribution is 0.356. The van der Waals surface area contributed by atoms with Crippen molar-refractivity contribution in [3.05, 3.63) is 61.9 Å². The normalized spacial score (nSPS) is 13.1. The van der Waals surface area contributed by atoms with Crippen molar-refractivity contribution >= 4 is 11.3 Å². The van der Waals surface area contributed by atoms with Crippen LogP contribution in [0.25, 0.3) is 10.6 Å². The molecule has 0 spiro atoms. The second kappa shape index (κ2) is 7.56. The molecule has 0 radical (unpaired) electrons. The van der Waals surface area contributed by atoms with Crippen LogP contribution in [0.2, 0.25) is 0 Å². The first-order valence-corrected chi connectivity index (χ1v) is 9.87. The van der Waals surface area contributed by atoms with Crippen LogP contribution in [0, 0.1) is 11.3 Å². The van der Waals surface area contributed by atoms with E-state index in [1.54, 1.807) is 25.7 Å². The van der Waals surface area contributed by atoms with Gasteiger partial charge in [-0.3, -0.25) is 13.9 Å². The SMILES string of the molecule is COc1cccc(-c2nc(Cn3c(=O)c(C#N)cn(C4CC4)c3=O)cs2)c1OC. The molecule has 0 unspecified atom stereocenters. The predicted molar refractivity (Wildman–Crippen MR) is 108 cm³/mol. The van der Waals surface area contributed by atoms with Gasteiger partial charge >= 0.3 is 5.69 Å². The van der Waals surface area contributed by atoms with Gasteiger partial charge in [-0.15, -0.1) is 11.3 Å². The number of aromatic nitrogens is 3. The van der Waals surface area contributed by atoms with Crippen molar-refractivity contribution in [3.63, 3.8) is 0 Å². The monoisotopic (exact) mass is 410 g/mol. The summed E-state index contributed by atoms with van der Waals surface area (Å²) in [5.41, 5.74) is 0.275. The van der Waals surface area contributed by atoms with Crippen molar-refractivity contribution in [1.29, 1.82) is 5.26 Å². The molecule has 3 aromatic rings. The van der Waals surface area contributed by atoms with Gasteiger partial charge in [-0.2, -0.15) is 5.26 Å². The summed E-state index contributed by atoms with van der Waals surface area (Å²) in [4.78, 5) is 29.9. The van der Waals surface area contributed by atoms with Crippen LogP contribution in [0.15, 0.2) is 39.4 Å². The van der Waals surface area contributed by atoms with Crippen LogP contribution in [-0.4, -0.2) is 28.3 Å². The number of hydrogen-bond acceptors (Lipinski definition) is 7. The van der Waals surface area contributed by atoms with E-state index < -0.39 is 11.2 Å². The van der Waals surface area contributed by atoms with Gasteiger partial charge in [-0.1, -0.05) is 6.07 Å². The molecule has 2 heterocycles. The molecule has 1 saturated carbocycles. The lowest BCUT2D eigenvalue weighted by atomic mass is 10.2. The summed E-state index contributed by atoms with van der Waals surface area (Å²) >= 11 is 1.38. The number of hydrogen-bond donors (Lipinski definition) is 0. The smallest absolute Gasteiger partial charge is 0.331 e. The van der Waals surface area contributed by atoms with Crippen LogP contribution >= 0.6 is 11.3 Å². The molecule has 4 rings (SSSR count). The molecule has 0 N–H and O–H groups in total. The van der Waals surface area contributed by atoms with Gasteiger partial charge < -0.3 is 9.47 Å². The Labute approximate surface area is 170 Å². The van der Waals surface area contributed by atoms with Crippen LogP contribution in [0.3, 0.4) is 0 Å². The third-order valence-electron chi connectivity index (χ3n) is 4.76. The predicted octanol–water partition coefficient (Wildman–Crippen LogP) is 2.41. The van der Waals surface area contributed by atoms with Gasteiger partial charge in [0, 0.05) is 17.6 Å². The zero-order valence-electron chi connectivity index (χ0n) is 15.9. The average molecular weight is 410 g/mol. The number of nitrogens with zero attached hydrogens (tertiary/aromatic N) is 4. The van der Waals surface area contributed by atoms with Crippen LogP contribution in [0.5, 0.6) is 11.5 Å². The summed E-state index contributed by atoms with van der Waals surface area (Å²) in [5.74, 6) is 1.16. The van der Waals surface area contributed by atoms with E-state index in [1.165, 1.54) is 22.1 Å². The van der Waals surface area contributed by atoms with Crippen molar-refractivity contribution in [2.24, 2.45) is 0 Å². The van der Waals surface area contributed by atoms with Gasteiger partial charge in [0.15, 0.2) is 11.5 Å². The minimum atomic E-state index is -0.595. The number of nitriles is 1. The summed E-state index contributed by atoms with van der Waals surface area (Å²) in [6.07, 6.45) is 3.12. The molecule has 0 bridgehead atoms. The second-order valence-corrected chi connectivity index (χ2v) is 7.51. The van der Waals surface area contributed by atoms with Crippen molar-refractivity contribution < 1.29 is 9.47 Å². The largest absolute Gasteiger partial charge is 0.493 e. The molecule has 0 atom stereocenters. The Hall–Kier alpha value is -3.38. The fourth-order valence-electron chi connectivity index (χ4n) is 3.17. The number of rotatable bonds is 6. The van der Waals surface area contributed by atoms with E-state index in [9.17, 15) is 14.9 Å². The van der Waals surface area contributed by atoms with Crippen molar-refractivity contribution in [2.45, 2.75) is 25.4 Å². The number of methoxy groups -OCH3 is 2. The average Bonchev–Trinajstić information content (AvgIpc) is 3.48. The number of para-hydroxylation sites is 1. The van der Waals surface area contributed by atoms with Gasteiger partial charge in [0.2, 0.25) is 0 Å². The maximum Gasteiger partial charge on any atom is 0.331 e. The first kappa shape index (κ1) is 19.0. The van der Waals surface area contributed by atoms with Crippen molar-refractivity contribution in [1.82, 2.24) is 14.1 Å². The molecule has 0 saturated heterocycles. The van der Waals surface area contributed by atoms with Gasteiger partial charge in [0.05, 0.1) is 32.0 Å². The van der Waals surface area contributed by atoms with Crippen LogP contribution in [0.1, 0.15) is 30.1 Å². The van der Waals surface area contributed by atoms with Gasteiger partial charge in [-0.25, -0.2) is 9.78 Å². The Bertz CT molecular complexity index is 1230. The van der Waals surface area contributed by atoms with Crippen LogP contribution < -0.4 is 20.7 Å². The molecule has 1 fully saturated rings. The zero-order valence-corrected chi connectivity index (χ0v) is 16.7. The summed E-state index contributed by atoms with van der Waals surface area (Å²) < 4.78 is 13.4. The van der Waals surface area contributed by atoms with Crippen molar-refractivity contribution in [3.8, 4) is 28.1 Å². The fraction of sp³-hybridized carbons (Fsp3) is 0.300. The van der Waals surface area contributed by atoms with Gasteiger partial charge in [-0.05, 0) is 25.0 Å². The third kappa shape index (κ3) is 3.43. The molecule has 148 valence electrons. The highest BCUT2D eigenvalue weighted by molar-refractivity contribution is 7.13. The molecule has 0 amide bonds. The topological polar surface area (TPSA) is 99.1 Å². The third-order valence-corrected chi connectivity index (χ3v) is 5.69. The maximum absolute atomic E-state index is 12.8. The lowest BCUT2D eigenvalue weighted by Crippen LogP contribution is -2.41. The Kier molecular flexibility index (Phi) is 4.94. The number of ether oxygens (including phenoxy) is 2. The molecule has 1 aliphatic rings. The summed E-state index contributed by atoms with van der Waals surface area (Å²) in [6.45, 7) is 0.00267. The standard InChI is InChI=1S/C20H18N4O4S/c1-27-16-5-3-4-15(17(16)28-2)18-22-13(11-29-18)10-24-19(25)12(8-21)9-23(20(24)26)14-6-7-14/h3-5,9,11,14H,6-7,10H2,1-2H3. The quantitative estimate of drug-likeness (QED) is 0.619. The number of benzene rings is 1. The Morgan fingerprint density at radius 2 is 2.07 bits per heavy atom. The molecular formula is C20H18N4O4S. The van der Waals surface area contributed by atoms with Gasteiger partial charge in [0.1, 0.15) is 16.6 Å². The molecule has 0 aliphatic heterocycles. The molecule has 29 heavy (non-hydrogen) atoms. The first-order valence-electron chi connectivity index (χ1n) is 8.99. The van der Waals surface area contributed by atoms with Crippen molar-refractivity contribution in [2.75, 3.05) is 14.2 Å². The maximum atomic E-state index is 12.8. The van der Waals surface area contributed by atoms with E-state index in [2.05, 4.69) is 4.98 Å². The van der Waals surface area contributed by atoms with E-state index in [0.717, 1.165) is 23.0 Å². The molecule has 9 heteroatoms. The first-order chi connectivity index (χ1) is 14.1. The van der Waals surface area contributed by atoms with Crippen LogP contribution in [0.4, 0.5) is 0 Å². The minimum Gasteiger partial charge on any atom is -0.493 e. The van der Waals surface area contributed by atoms with Gasteiger partial charge in [0.25, 0.3) is 5.56 Å². The Balaban J connectivity index is 1.73. The fourth-order valence-corrected chi connectivity index (χ4v) is 4.01. The van der Waals surface area contributed by atoms with E-state index in [0.29, 0.717) is 22.2 Å². The van der Waals surface area contributed by atoms with E-state index >= 15 is 0 Å². The molecular weight excluding hydrogens is 392 g/mol. The summed E-state index contributed by atoms with van der Waals surface area (Å²) in [6, 6.07) is 7.46. The van der Waals surface area contributed by atoms with E-state index in [4.69, 9.17) is 9.47 Å².